The maximum atomic E-state index is 6.02. The molecular formula is C11H18N2OS. The molecule has 0 spiro atoms. The molecule has 0 radical (unpaired) electrons. The van der Waals surface area contributed by atoms with Crippen molar-refractivity contribution in [3.05, 3.63) is 16.1 Å². The SMILES string of the molecule is CCCC(N)c1csc(C2CCCO2)n1. The Hall–Kier alpha value is -0.450. The fourth-order valence-corrected chi connectivity index (χ4v) is 2.81. The van der Waals surface area contributed by atoms with Crippen LogP contribution in [0.1, 0.15) is 55.5 Å². The molecule has 84 valence electrons. The van der Waals surface area contributed by atoms with E-state index in [1.807, 2.05) is 0 Å². The van der Waals surface area contributed by atoms with Gasteiger partial charge in [-0.1, -0.05) is 13.3 Å². The first-order valence-corrected chi connectivity index (χ1v) is 6.51. The first-order chi connectivity index (χ1) is 7.31. The van der Waals surface area contributed by atoms with E-state index in [0.29, 0.717) is 0 Å². The first-order valence-electron chi connectivity index (χ1n) is 5.63. The smallest absolute Gasteiger partial charge is 0.122 e. The molecule has 2 rings (SSSR count). The minimum absolute atomic E-state index is 0.0985. The summed E-state index contributed by atoms with van der Waals surface area (Å²) in [6.45, 7) is 3.02. The van der Waals surface area contributed by atoms with Gasteiger partial charge in [0.2, 0.25) is 0 Å². The zero-order chi connectivity index (χ0) is 10.7. The molecule has 15 heavy (non-hydrogen) atoms. The zero-order valence-electron chi connectivity index (χ0n) is 9.11. The predicted molar refractivity (Wildman–Crippen MR) is 61.9 cm³/mol. The van der Waals surface area contributed by atoms with E-state index in [2.05, 4.69) is 17.3 Å². The maximum absolute atomic E-state index is 6.02. The molecule has 2 unspecified atom stereocenters. The highest BCUT2D eigenvalue weighted by atomic mass is 32.1. The molecule has 1 saturated heterocycles. The van der Waals surface area contributed by atoms with Crippen molar-refractivity contribution < 1.29 is 4.74 Å². The summed E-state index contributed by atoms with van der Waals surface area (Å²) in [6.07, 6.45) is 4.61. The number of ether oxygens (including phenoxy) is 1. The Labute approximate surface area is 94.7 Å². The number of nitrogens with two attached hydrogens (primary N) is 1. The lowest BCUT2D eigenvalue weighted by Crippen LogP contribution is -2.10. The van der Waals surface area contributed by atoms with Gasteiger partial charge < -0.3 is 10.5 Å². The van der Waals surface area contributed by atoms with Gasteiger partial charge in [0.05, 0.1) is 5.69 Å². The van der Waals surface area contributed by atoms with Crippen LogP contribution in [0.2, 0.25) is 0 Å². The second-order valence-electron chi connectivity index (χ2n) is 4.01. The summed E-state index contributed by atoms with van der Waals surface area (Å²) < 4.78 is 5.60. The standard InChI is InChI=1S/C11H18N2OS/c1-2-4-8(12)9-7-15-11(13-9)10-5-3-6-14-10/h7-8,10H,2-6,12H2,1H3. The third-order valence-corrected chi connectivity index (χ3v) is 3.68. The highest BCUT2D eigenvalue weighted by molar-refractivity contribution is 7.09. The van der Waals surface area contributed by atoms with E-state index in [0.717, 1.165) is 43.0 Å². The Balaban J connectivity index is 2.02. The summed E-state index contributed by atoms with van der Waals surface area (Å²) in [5.41, 5.74) is 7.06. The summed E-state index contributed by atoms with van der Waals surface area (Å²) in [5.74, 6) is 0. The zero-order valence-corrected chi connectivity index (χ0v) is 9.93. The van der Waals surface area contributed by atoms with Crippen molar-refractivity contribution in [2.24, 2.45) is 5.73 Å². The highest BCUT2D eigenvalue weighted by Gasteiger charge is 2.21. The van der Waals surface area contributed by atoms with Gasteiger partial charge in [-0.3, -0.25) is 0 Å². The van der Waals surface area contributed by atoms with Crippen molar-refractivity contribution in [2.45, 2.75) is 44.8 Å². The summed E-state index contributed by atoms with van der Waals surface area (Å²) in [5, 5.41) is 3.19. The Bertz CT molecular complexity index is 307. The lowest BCUT2D eigenvalue weighted by Gasteiger charge is -2.07. The second-order valence-corrected chi connectivity index (χ2v) is 4.90. The van der Waals surface area contributed by atoms with Crippen molar-refractivity contribution in [1.29, 1.82) is 0 Å². The van der Waals surface area contributed by atoms with E-state index < -0.39 is 0 Å². The van der Waals surface area contributed by atoms with Crippen LogP contribution in [0.3, 0.4) is 0 Å². The van der Waals surface area contributed by atoms with Crippen molar-refractivity contribution >= 4 is 11.3 Å². The van der Waals surface area contributed by atoms with Gasteiger partial charge in [-0.15, -0.1) is 11.3 Å². The van der Waals surface area contributed by atoms with E-state index >= 15 is 0 Å². The van der Waals surface area contributed by atoms with Crippen LogP contribution in [-0.2, 0) is 4.74 Å². The van der Waals surface area contributed by atoms with Crippen LogP contribution in [0.4, 0.5) is 0 Å². The number of hydrogen-bond donors (Lipinski definition) is 1. The van der Waals surface area contributed by atoms with E-state index in [9.17, 15) is 0 Å². The minimum atomic E-state index is 0.0985. The van der Waals surface area contributed by atoms with Crippen molar-refractivity contribution in [1.82, 2.24) is 4.98 Å². The summed E-state index contributed by atoms with van der Waals surface area (Å²) in [4.78, 5) is 4.58. The van der Waals surface area contributed by atoms with E-state index in [1.165, 1.54) is 0 Å². The van der Waals surface area contributed by atoms with Gasteiger partial charge >= 0.3 is 0 Å². The first kappa shape index (κ1) is 11.0. The number of thiazole rings is 1. The number of aromatic nitrogens is 1. The molecule has 0 amide bonds. The number of rotatable bonds is 4. The topological polar surface area (TPSA) is 48.1 Å². The monoisotopic (exact) mass is 226 g/mol. The average molecular weight is 226 g/mol. The molecule has 2 heterocycles. The number of nitrogens with zero attached hydrogens (tertiary/aromatic N) is 1. The molecule has 2 N–H and O–H groups in total. The number of hydrogen-bond acceptors (Lipinski definition) is 4. The normalized spacial score (nSPS) is 23.2. The van der Waals surface area contributed by atoms with Crippen LogP contribution in [0.15, 0.2) is 5.38 Å². The lowest BCUT2D eigenvalue weighted by atomic mass is 10.1. The van der Waals surface area contributed by atoms with Gasteiger partial charge in [0.25, 0.3) is 0 Å². The maximum Gasteiger partial charge on any atom is 0.122 e. The molecule has 3 nitrogen and oxygen atoms in total. The minimum Gasteiger partial charge on any atom is -0.371 e. The molecule has 1 aromatic heterocycles. The molecule has 2 atom stereocenters. The fraction of sp³-hybridized carbons (Fsp3) is 0.727. The third-order valence-electron chi connectivity index (χ3n) is 2.72. The molecule has 1 fully saturated rings. The highest BCUT2D eigenvalue weighted by Crippen LogP contribution is 2.31. The Kier molecular flexibility index (Phi) is 3.72. The summed E-state index contributed by atoms with van der Waals surface area (Å²) >= 11 is 1.68. The predicted octanol–water partition coefficient (Wildman–Crippen LogP) is 2.79. The molecule has 4 heteroatoms. The third kappa shape index (κ3) is 2.56. The largest absolute Gasteiger partial charge is 0.371 e. The Morgan fingerprint density at radius 3 is 3.27 bits per heavy atom. The van der Waals surface area contributed by atoms with Gasteiger partial charge in [-0.25, -0.2) is 4.98 Å². The van der Waals surface area contributed by atoms with Gasteiger partial charge in [0, 0.05) is 18.0 Å². The second kappa shape index (κ2) is 5.05. The summed E-state index contributed by atoms with van der Waals surface area (Å²) in [6, 6.07) is 0.0985. The van der Waals surface area contributed by atoms with Crippen LogP contribution < -0.4 is 5.73 Å². The molecule has 0 saturated carbocycles. The van der Waals surface area contributed by atoms with Crippen LogP contribution in [-0.4, -0.2) is 11.6 Å². The molecule has 0 aliphatic carbocycles. The molecule has 0 bridgehead atoms. The molecule has 1 aromatic rings. The van der Waals surface area contributed by atoms with Crippen molar-refractivity contribution in [2.75, 3.05) is 6.61 Å². The average Bonchev–Trinajstić information content (AvgIpc) is 2.89. The van der Waals surface area contributed by atoms with Crippen LogP contribution in [0, 0.1) is 0 Å². The van der Waals surface area contributed by atoms with Crippen molar-refractivity contribution in [3.63, 3.8) is 0 Å². The Morgan fingerprint density at radius 1 is 1.73 bits per heavy atom. The van der Waals surface area contributed by atoms with E-state index in [1.54, 1.807) is 11.3 Å². The van der Waals surface area contributed by atoms with Gasteiger partial charge in [0.1, 0.15) is 11.1 Å². The van der Waals surface area contributed by atoms with Gasteiger partial charge in [-0.05, 0) is 19.3 Å². The van der Waals surface area contributed by atoms with E-state index in [-0.39, 0.29) is 12.1 Å². The molecule has 0 aromatic carbocycles. The van der Waals surface area contributed by atoms with Crippen LogP contribution >= 0.6 is 11.3 Å². The van der Waals surface area contributed by atoms with Crippen LogP contribution in [0.5, 0.6) is 0 Å². The van der Waals surface area contributed by atoms with E-state index in [4.69, 9.17) is 10.5 Å². The molecular weight excluding hydrogens is 208 g/mol. The lowest BCUT2D eigenvalue weighted by molar-refractivity contribution is 0.111. The van der Waals surface area contributed by atoms with Crippen molar-refractivity contribution in [3.8, 4) is 0 Å². The fourth-order valence-electron chi connectivity index (χ4n) is 1.85. The van der Waals surface area contributed by atoms with Gasteiger partial charge in [0.15, 0.2) is 0 Å². The molecule has 1 aliphatic heterocycles. The summed E-state index contributed by atoms with van der Waals surface area (Å²) in [7, 11) is 0. The molecule has 1 aliphatic rings. The Morgan fingerprint density at radius 2 is 2.60 bits per heavy atom. The van der Waals surface area contributed by atoms with Gasteiger partial charge in [-0.2, -0.15) is 0 Å². The quantitative estimate of drug-likeness (QED) is 0.858. The van der Waals surface area contributed by atoms with Crippen LogP contribution in [0.25, 0.3) is 0 Å².